The second kappa shape index (κ2) is 7.91. The average molecular weight is 476 g/mol. The Morgan fingerprint density at radius 2 is 2.03 bits per heavy atom. The van der Waals surface area contributed by atoms with E-state index in [-0.39, 0.29) is 18.4 Å². The highest BCUT2D eigenvalue weighted by atomic mass is 35.5. The minimum Gasteiger partial charge on any atom is -0.377 e. The van der Waals surface area contributed by atoms with Gasteiger partial charge < -0.3 is 14.6 Å². The van der Waals surface area contributed by atoms with Crippen molar-refractivity contribution in [2.24, 2.45) is 0 Å². The summed E-state index contributed by atoms with van der Waals surface area (Å²) >= 11 is 6.26. The summed E-state index contributed by atoms with van der Waals surface area (Å²) in [5.41, 5.74) is 1.28. The second-order valence-electron chi connectivity index (χ2n) is 7.70. The lowest BCUT2D eigenvalue weighted by molar-refractivity contribution is 0.0985. The van der Waals surface area contributed by atoms with Crippen molar-refractivity contribution in [2.45, 2.75) is 13.0 Å². The number of rotatable bonds is 3. The van der Waals surface area contributed by atoms with E-state index >= 15 is 0 Å². The Labute approximate surface area is 190 Å². The van der Waals surface area contributed by atoms with Gasteiger partial charge in [0.2, 0.25) is 0 Å². The smallest absolute Gasteiger partial charge is 0.327 e. The molecular formula is C20H22ClN7O3S. The highest BCUT2D eigenvalue weighted by molar-refractivity contribution is 7.90. The molecule has 2 aliphatic heterocycles. The number of hydrogen-bond donors (Lipinski definition) is 1. The number of pyridine rings is 1. The number of morpholine rings is 1. The molecule has 3 aromatic rings. The summed E-state index contributed by atoms with van der Waals surface area (Å²) in [6.45, 7) is 3.99. The summed E-state index contributed by atoms with van der Waals surface area (Å²) in [7, 11) is -2.26. The van der Waals surface area contributed by atoms with Crippen LogP contribution in [0.1, 0.15) is 6.92 Å². The predicted octanol–water partition coefficient (Wildman–Crippen LogP) is 2.41. The highest BCUT2D eigenvalue weighted by Gasteiger charge is 2.31. The Hall–Kier alpha value is -2.89. The standard InChI is InChI=1S/C20H22ClN7O3S/c1-13-12-31-9-8-27(13)17-11-18(28-7-3-6-26(2)32(28,29)30)25-20(24-17)15-10-16(21)23-19-14(15)4-5-22-19/h3-6,10-11,13H,7-9,12H2,1-2H3,(H,22,23)/t13-/m1/s1. The Morgan fingerprint density at radius 3 is 2.84 bits per heavy atom. The van der Waals surface area contributed by atoms with E-state index in [9.17, 15) is 8.42 Å². The van der Waals surface area contributed by atoms with Gasteiger partial charge in [0.05, 0.1) is 25.8 Å². The minimum atomic E-state index is -3.75. The lowest BCUT2D eigenvalue weighted by Gasteiger charge is -2.35. The number of ether oxygens (including phenoxy) is 1. The zero-order valence-corrected chi connectivity index (χ0v) is 19.1. The highest BCUT2D eigenvalue weighted by Crippen LogP contribution is 2.33. The summed E-state index contributed by atoms with van der Waals surface area (Å²) in [6.07, 6.45) is 5.07. The van der Waals surface area contributed by atoms with Crippen molar-refractivity contribution in [3.05, 3.63) is 41.8 Å². The molecule has 0 amide bonds. The zero-order valence-electron chi connectivity index (χ0n) is 17.6. The Morgan fingerprint density at radius 1 is 1.22 bits per heavy atom. The quantitative estimate of drug-likeness (QED) is 0.579. The van der Waals surface area contributed by atoms with Crippen LogP contribution in [0.15, 0.2) is 36.7 Å². The van der Waals surface area contributed by atoms with E-state index in [2.05, 4.69) is 19.9 Å². The largest absolute Gasteiger partial charge is 0.377 e. The van der Waals surface area contributed by atoms with Crippen LogP contribution >= 0.6 is 11.6 Å². The molecule has 168 valence electrons. The number of H-pyrrole nitrogens is 1. The zero-order chi connectivity index (χ0) is 22.5. The fourth-order valence-electron chi connectivity index (χ4n) is 3.91. The third kappa shape index (κ3) is 3.55. The third-order valence-corrected chi connectivity index (χ3v) is 7.52. The van der Waals surface area contributed by atoms with Crippen molar-refractivity contribution < 1.29 is 13.2 Å². The SMILES string of the molecule is C[C@@H]1COCCN1c1cc(N2CC=CN(C)S2(=O)=O)nc(-c2cc(Cl)nc3[nH]ccc23)n1. The lowest BCUT2D eigenvalue weighted by Crippen LogP contribution is -2.45. The Bertz CT molecular complexity index is 1310. The maximum absolute atomic E-state index is 13.0. The van der Waals surface area contributed by atoms with E-state index in [1.807, 2.05) is 13.0 Å². The molecule has 0 radical (unpaired) electrons. The molecule has 5 rings (SSSR count). The van der Waals surface area contributed by atoms with E-state index in [4.69, 9.17) is 21.3 Å². The van der Waals surface area contributed by atoms with Gasteiger partial charge in [-0.25, -0.2) is 19.3 Å². The normalized spacial score (nSPS) is 20.8. The lowest BCUT2D eigenvalue weighted by atomic mass is 10.1. The molecule has 0 aliphatic carbocycles. The fourth-order valence-corrected chi connectivity index (χ4v) is 5.25. The molecule has 1 N–H and O–H groups in total. The molecule has 0 bridgehead atoms. The van der Waals surface area contributed by atoms with E-state index in [1.54, 1.807) is 24.4 Å². The molecule has 0 unspecified atom stereocenters. The number of nitrogens with one attached hydrogen (secondary N) is 1. The molecule has 12 heteroatoms. The summed E-state index contributed by atoms with van der Waals surface area (Å²) in [5.74, 6) is 1.29. The van der Waals surface area contributed by atoms with Gasteiger partial charge >= 0.3 is 10.2 Å². The number of aromatic nitrogens is 4. The molecule has 1 fully saturated rings. The minimum absolute atomic E-state index is 0.0770. The topological polar surface area (TPSA) is 108 Å². The monoisotopic (exact) mass is 475 g/mol. The molecule has 0 saturated carbocycles. The van der Waals surface area contributed by atoms with Crippen LogP contribution in [-0.4, -0.2) is 72.1 Å². The average Bonchev–Trinajstić information content (AvgIpc) is 3.23. The molecule has 32 heavy (non-hydrogen) atoms. The molecule has 3 aromatic heterocycles. The predicted molar refractivity (Wildman–Crippen MR) is 123 cm³/mol. The van der Waals surface area contributed by atoms with E-state index in [1.165, 1.54) is 21.9 Å². The number of hydrogen-bond acceptors (Lipinski definition) is 7. The number of aromatic amines is 1. The van der Waals surface area contributed by atoms with Crippen molar-refractivity contribution in [2.75, 3.05) is 42.6 Å². The van der Waals surface area contributed by atoms with Crippen molar-refractivity contribution in [3.63, 3.8) is 0 Å². The summed E-state index contributed by atoms with van der Waals surface area (Å²) < 4.78 is 34.0. The van der Waals surface area contributed by atoms with Crippen LogP contribution in [0.3, 0.4) is 0 Å². The fraction of sp³-hybridized carbons (Fsp3) is 0.350. The first-order valence-corrected chi connectivity index (χ1v) is 11.9. The van der Waals surface area contributed by atoms with Gasteiger partial charge in [-0.1, -0.05) is 11.6 Å². The van der Waals surface area contributed by atoms with Crippen LogP contribution in [0, 0.1) is 0 Å². The van der Waals surface area contributed by atoms with Crippen molar-refractivity contribution in [1.29, 1.82) is 0 Å². The maximum atomic E-state index is 13.0. The number of nitrogens with zero attached hydrogens (tertiary/aromatic N) is 6. The van der Waals surface area contributed by atoms with Gasteiger partial charge in [-0.15, -0.1) is 0 Å². The molecule has 0 aromatic carbocycles. The van der Waals surface area contributed by atoms with Gasteiger partial charge in [-0.2, -0.15) is 8.42 Å². The van der Waals surface area contributed by atoms with Crippen LogP contribution in [-0.2, 0) is 14.9 Å². The number of anilines is 2. The van der Waals surface area contributed by atoms with Crippen LogP contribution in [0.25, 0.3) is 22.4 Å². The first-order chi connectivity index (χ1) is 15.3. The van der Waals surface area contributed by atoms with Gasteiger partial charge in [0.25, 0.3) is 0 Å². The molecular weight excluding hydrogens is 454 g/mol. The van der Waals surface area contributed by atoms with Crippen molar-refractivity contribution >= 4 is 44.5 Å². The van der Waals surface area contributed by atoms with E-state index in [0.717, 1.165) is 5.39 Å². The molecule has 10 nitrogen and oxygen atoms in total. The van der Waals surface area contributed by atoms with E-state index < -0.39 is 10.2 Å². The van der Waals surface area contributed by atoms with Crippen LogP contribution in [0.5, 0.6) is 0 Å². The summed E-state index contributed by atoms with van der Waals surface area (Å²) in [5, 5.41) is 1.09. The molecule has 1 saturated heterocycles. The second-order valence-corrected chi connectivity index (χ2v) is 10.00. The molecule has 5 heterocycles. The molecule has 2 aliphatic rings. The third-order valence-electron chi connectivity index (χ3n) is 5.58. The maximum Gasteiger partial charge on any atom is 0.327 e. The van der Waals surface area contributed by atoms with Crippen molar-refractivity contribution in [3.8, 4) is 11.4 Å². The van der Waals surface area contributed by atoms with Gasteiger partial charge in [-0.3, -0.25) is 4.31 Å². The molecule has 0 spiro atoms. The summed E-state index contributed by atoms with van der Waals surface area (Å²) in [4.78, 5) is 18.9. The number of halogens is 1. The van der Waals surface area contributed by atoms with Crippen LogP contribution in [0.4, 0.5) is 11.6 Å². The first kappa shape index (κ1) is 21.0. The van der Waals surface area contributed by atoms with E-state index in [0.29, 0.717) is 47.8 Å². The van der Waals surface area contributed by atoms with Crippen LogP contribution < -0.4 is 9.21 Å². The van der Waals surface area contributed by atoms with Gasteiger partial charge in [0.1, 0.15) is 22.4 Å². The Kier molecular flexibility index (Phi) is 5.19. The Balaban J connectivity index is 1.72. The van der Waals surface area contributed by atoms with Crippen LogP contribution in [0.2, 0.25) is 5.15 Å². The number of fused-ring (bicyclic) bond motifs is 1. The first-order valence-electron chi connectivity index (χ1n) is 10.1. The summed E-state index contributed by atoms with van der Waals surface area (Å²) in [6, 6.07) is 5.36. The van der Waals surface area contributed by atoms with Crippen molar-refractivity contribution in [1.82, 2.24) is 24.2 Å². The molecule has 1 atom stereocenters. The van der Waals surface area contributed by atoms with Gasteiger partial charge in [-0.05, 0) is 25.1 Å². The van der Waals surface area contributed by atoms with Gasteiger partial charge in [0.15, 0.2) is 5.82 Å². The van der Waals surface area contributed by atoms with Gasteiger partial charge in [0, 0.05) is 43.0 Å².